The van der Waals surface area contributed by atoms with E-state index >= 15 is 0 Å². The minimum Gasteiger partial charge on any atom is -0.480 e. The second-order valence-electron chi connectivity index (χ2n) is 5.29. The van der Waals surface area contributed by atoms with Gasteiger partial charge in [-0.2, -0.15) is 5.10 Å². The van der Waals surface area contributed by atoms with Gasteiger partial charge in [-0.1, -0.05) is 19.8 Å². The second kappa shape index (κ2) is 6.70. The molecule has 5 nitrogen and oxygen atoms in total. The molecule has 1 aliphatic rings. The van der Waals surface area contributed by atoms with Gasteiger partial charge in [0.25, 0.3) is 0 Å². The molecule has 1 N–H and O–H groups in total. The third-order valence-corrected chi connectivity index (χ3v) is 3.67. The summed E-state index contributed by atoms with van der Waals surface area (Å²) in [5.41, 5.74) is 1.11. The van der Waals surface area contributed by atoms with E-state index in [9.17, 15) is 9.90 Å². The van der Waals surface area contributed by atoms with Gasteiger partial charge in [-0.15, -0.1) is 0 Å². The number of hydrogen-bond donors (Lipinski definition) is 1. The lowest BCUT2D eigenvalue weighted by molar-refractivity contribution is -0.143. The molecule has 0 aliphatic carbocycles. The van der Waals surface area contributed by atoms with Gasteiger partial charge < -0.3 is 5.11 Å². The smallest absolute Gasteiger partial charge is 0.320 e. The van der Waals surface area contributed by atoms with E-state index in [1.165, 1.54) is 0 Å². The minimum atomic E-state index is -0.692. The van der Waals surface area contributed by atoms with E-state index < -0.39 is 5.97 Å². The average Bonchev–Trinajstić information content (AvgIpc) is 2.67. The fourth-order valence-corrected chi connectivity index (χ4v) is 2.71. The Morgan fingerprint density at radius 3 is 3.05 bits per heavy atom. The molecule has 1 fully saturated rings. The lowest BCUT2D eigenvalue weighted by Crippen LogP contribution is -2.40. The molecule has 0 amide bonds. The summed E-state index contributed by atoms with van der Waals surface area (Å²) in [6.07, 6.45) is 8.96. The number of nitrogens with zero attached hydrogens (tertiary/aromatic N) is 3. The van der Waals surface area contributed by atoms with Crippen LogP contribution in [-0.4, -0.2) is 38.3 Å². The molecule has 0 aromatic carbocycles. The van der Waals surface area contributed by atoms with Crippen molar-refractivity contribution in [1.29, 1.82) is 0 Å². The highest BCUT2D eigenvalue weighted by molar-refractivity contribution is 5.73. The zero-order valence-electron chi connectivity index (χ0n) is 11.6. The number of carboxylic acid groups (broad SMARTS) is 1. The van der Waals surface area contributed by atoms with Crippen molar-refractivity contribution in [1.82, 2.24) is 14.7 Å². The largest absolute Gasteiger partial charge is 0.480 e. The molecule has 1 unspecified atom stereocenters. The minimum absolute atomic E-state index is 0.336. The molecule has 2 rings (SSSR count). The first-order chi connectivity index (χ1) is 9.20. The predicted octanol–water partition coefficient (Wildman–Crippen LogP) is 2.12. The molecule has 5 heteroatoms. The summed E-state index contributed by atoms with van der Waals surface area (Å²) in [6.45, 7) is 4.61. The lowest BCUT2D eigenvalue weighted by Gasteiger charge is -2.25. The quantitative estimate of drug-likeness (QED) is 0.886. The van der Waals surface area contributed by atoms with Gasteiger partial charge in [0.05, 0.1) is 6.20 Å². The van der Waals surface area contributed by atoms with Crippen LogP contribution in [0.15, 0.2) is 12.4 Å². The van der Waals surface area contributed by atoms with Gasteiger partial charge in [0.2, 0.25) is 0 Å². The number of carboxylic acids is 1. The first-order valence-corrected chi connectivity index (χ1v) is 7.19. The van der Waals surface area contributed by atoms with Crippen LogP contribution < -0.4 is 0 Å². The molecule has 0 bridgehead atoms. The highest BCUT2D eigenvalue weighted by atomic mass is 16.4. The van der Waals surface area contributed by atoms with Crippen LogP contribution in [0.25, 0.3) is 0 Å². The molecule has 0 spiro atoms. The molecule has 1 atom stereocenters. The molecule has 1 saturated heterocycles. The van der Waals surface area contributed by atoms with Crippen molar-refractivity contribution in [3.63, 3.8) is 0 Å². The number of likely N-dealkylation sites (tertiary alicyclic amines) is 1. The van der Waals surface area contributed by atoms with Crippen LogP contribution in [0.1, 0.15) is 44.6 Å². The van der Waals surface area contributed by atoms with Crippen molar-refractivity contribution >= 4 is 5.97 Å². The Morgan fingerprint density at radius 2 is 2.32 bits per heavy atom. The van der Waals surface area contributed by atoms with Crippen molar-refractivity contribution in [2.45, 2.75) is 58.2 Å². The molecule has 106 valence electrons. The number of rotatable bonds is 5. The van der Waals surface area contributed by atoms with Gasteiger partial charge in [-0.3, -0.25) is 14.4 Å². The standard InChI is InChI=1S/C14H23N3O2/c1-2-7-17-11-12(9-15-17)10-16-8-5-3-4-6-13(16)14(18)19/h9,11,13H,2-8,10H2,1H3,(H,18,19). The summed E-state index contributed by atoms with van der Waals surface area (Å²) < 4.78 is 1.93. The summed E-state index contributed by atoms with van der Waals surface area (Å²) in [6, 6.07) is -0.336. The summed E-state index contributed by atoms with van der Waals surface area (Å²) >= 11 is 0. The van der Waals surface area contributed by atoms with Crippen LogP contribution in [0.4, 0.5) is 0 Å². The highest BCUT2D eigenvalue weighted by Crippen LogP contribution is 2.19. The van der Waals surface area contributed by atoms with Crippen LogP contribution >= 0.6 is 0 Å². The van der Waals surface area contributed by atoms with Crippen LogP contribution in [-0.2, 0) is 17.9 Å². The van der Waals surface area contributed by atoms with Crippen LogP contribution in [0.2, 0.25) is 0 Å². The molecule has 19 heavy (non-hydrogen) atoms. The Bertz CT molecular complexity index is 417. The zero-order chi connectivity index (χ0) is 13.7. The molecule has 1 aromatic heterocycles. The van der Waals surface area contributed by atoms with E-state index in [1.54, 1.807) is 0 Å². The Hall–Kier alpha value is -1.36. The van der Waals surface area contributed by atoms with Gasteiger partial charge in [0.15, 0.2) is 0 Å². The van der Waals surface area contributed by atoms with E-state index in [0.29, 0.717) is 6.54 Å². The third-order valence-electron chi connectivity index (χ3n) is 3.67. The summed E-state index contributed by atoms with van der Waals surface area (Å²) in [5.74, 6) is -0.692. The van der Waals surface area contributed by atoms with Gasteiger partial charge in [0.1, 0.15) is 6.04 Å². The fraction of sp³-hybridized carbons (Fsp3) is 0.714. The van der Waals surface area contributed by atoms with Crippen molar-refractivity contribution in [2.75, 3.05) is 6.54 Å². The predicted molar refractivity (Wildman–Crippen MR) is 72.8 cm³/mol. The van der Waals surface area contributed by atoms with E-state index in [1.807, 2.05) is 17.1 Å². The number of aliphatic carboxylic acids is 1. The number of aromatic nitrogens is 2. The molecule has 1 aliphatic heterocycles. The van der Waals surface area contributed by atoms with E-state index in [-0.39, 0.29) is 6.04 Å². The summed E-state index contributed by atoms with van der Waals surface area (Å²) in [7, 11) is 0. The summed E-state index contributed by atoms with van der Waals surface area (Å²) in [4.78, 5) is 13.4. The monoisotopic (exact) mass is 265 g/mol. The van der Waals surface area contributed by atoms with E-state index in [4.69, 9.17) is 0 Å². The van der Waals surface area contributed by atoms with Crippen molar-refractivity contribution in [2.24, 2.45) is 0 Å². The van der Waals surface area contributed by atoms with Gasteiger partial charge in [-0.25, -0.2) is 0 Å². The number of hydrogen-bond acceptors (Lipinski definition) is 3. The zero-order valence-corrected chi connectivity index (χ0v) is 11.6. The van der Waals surface area contributed by atoms with E-state index in [0.717, 1.165) is 50.8 Å². The normalized spacial score (nSPS) is 21.2. The van der Waals surface area contributed by atoms with Gasteiger partial charge in [0, 0.05) is 24.8 Å². The first kappa shape index (κ1) is 14.1. The Kier molecular flexibility index (Phi) is 4.96. The lowest BCUT2D eigenvalue weighted by atomic mass is 10.1. The maximum Gasteiger partial charge on any atom is 0.320 e. The molecular formula is C14H23N3O2. The third kappa shape index (κ3) is 3.80. The fourth-order valence-electron chi connectivity index (χ4n) is 2.71. The van der Waals surface area contributed by atoms with E-state index in [2.05, 4.69) is 16.9 Å². The number of carbonyl (C=O) groups is 1. The van der Waals surface area contributed by atoms with Gasteiger partial charge >= 0.3 is 5.97 Å². The second-order valence-corrected chi connectivity index (χ2v) is 5.29. The van der Waals surface area contributed by atoms with Crippen LogP contribution in [0.3, 0.4) is 0 Å². The van der Waals surface area contributed by atoms with Crippen molar-refractivity contribution in [3.05, 3.63) is 18.0 Å². The molecular weight excluding hydrogens is 242 g/mol. The van der Waals surface area contributed by atoms with Gasteiger partial charge in [-0.05, 0) is 25.8 Å². The van der Waals surface area contributed by atoms with Crippen LogP contribution in [0, 0.1) is 0 Å². The molecule has 2 heterocycles. The first-order valence-electron chi connectivity index (χ1n) is 7.19. The SMILES string of the molecule is CCCn1cc(CN2CCCCCC2C(=O)O)cn1. The van der Waals surface area contributed by atoms with Crippen molar-refractivity contribution in [3.8, 4) is 0 Å². The molecule has 0 radical (unpaired) electrons. The average molecular weight is 265 g/mol. The molecule has 1 aromatic rings. The highest BCUT2D eigenvalue weighted by Gasteiger charge is 2.27. The molecule has 0 saturated carbocycles. The summed E-state index contributed by atoms with van der Waals surface area (Å²) in [5, 5.41) is 13.6. The maximum absolute atomic E-state index is 11.4. The van der Waals surface area contributed by atoms with Crippen molar-refractivity contribution < 1.29 is 9.90 Å². The number of aryl methyl sites for hydroxylation is 1. The maximum atomic E-state index is 11.4. The topological polar surface area (TPSA) is 58.4 Å². The Labute approximate surface area is 114 Å². The Balaban J connectivity index is 2.02. The van der Waals surface area contributed by atoms with Crippen LogP contribution in [0.5, 0.6) is 0 Å². The Morgan fingerprint density at radius 1 is 1.47 bits per heavy atom.